The zero-order chi connectivity index (χ0) is 26.3. The molecule has 0 aliphatic carbocycles. The lowest BCUT2D eigenvalue weighted by atomic mass is 9.94. The summed E-state index contributed by atoms with van der Waals surface area (Å²) in [5, 5.41) is 6.22. The molecule has 3 N–H and O–H groups in total. The monoisotopic (exact) mass is 526 g/mol. The maximum absolute atomic E-state index is 13.2. The number of halogens is 3. The van der Waals surface area contributed by atoms with Gasteiger partial charge in [-0.2, -0.15) is 18.3 Å². The molecular formula is C20H21F3N8O4S. The number of methoxy groups -OCH3 is 1. The first kappa shape index (κ1) is 25.2. The van der Waals surface area contributed by atoms with E-state index in [2.05, 4.69) is 25.4 Å². The molecule has 4 rings (SSSR count). The van der Waals surface area contributed by atoms with E-state index in [1.807, 2.05) is 18.6 Å². The summed E-state index contributed by atoms with van der Waals surface area (Å²) in [6.07, 6.45) is -1.53. The number of pyridine rings is 1. The van der Waals surface area contributed by atoms with Gasteiger partial charge >= 0.3 is 12.2 Å². The number of amides is 2. The standard InChI is InChI=1S/C20H21F3N8O4S/c1-19(2)9-31-16(35-10-19)13(8-27-31)36(24,33)30-18(32)29-15-12(7-26-17(28-15)20(21,22)23)11-4-5-25-14(6-11)34-3/h4-8H,9-10H2,1-3H3,(H3,24,26,28,29,30,32,33). The Morgan fingerprint density at radius 1 is 1.31 bits per heavy atom. The molecule has 0 spiro atoms. The number of ether oxygens (including phenoxy) is 2. The van der Waals surface area contributed by atoms with E-state index in [1.165, 1.54) is 30.1 Å². The van der Waals surface area contributed by atoms with Crippen molar-refractivity contribution < 1.29 is 31.6 Å². The van der Waals surface area contributed by atoms with Gasteiger partial charge in [0.2, 0.25) is 17.6 Å². The molecule has 4 heterocycles. The van der Waals surface area contributed by atoms with E-state index in [0.717, 1.165) is 12.4 Å². The van der Waals surface area contributed by atoms with Crippen LogP contribution in [0.25, 0.3) is 11.1 Å². The maximum Gasteiger partial charge on any atom is 0.451 e. The average molecular weight is 527 g/mol. The Morgan fingerprint density at radius 2 is 2.06 bits per heavy atom. The number of aromatic nitrogens is 5. The molecule has 2 amide bonds. The molecule has 36 heavy (non-hydrogen) atoms. The van der Waals surface area contributed by atoms with Crippen LogP contribution in [0.3, 0.4) is 0 Å². The molecule has 0 aromatic carbocycles. The smallest absolute Gasteiger partial charge is 0.451 e. The molecule has 1 atom stereocenters. The molecular weight excluding hydrogens is 505 g/mol. The number of rotatable bonds is 5. The molecule has 3 aromatic heterocycles. The van der Waals surface area contributed by atoms with Crippen LogP contribution in [0, 0.1) is 10.2 Å². The van der Waals surface area contributed by atoms with E-state index in [1.54, 1.807) is 0 Å². The van der Waals surface area contributed by atoms with Gasteiger partial charge in [-0.1, -0.05) is 13.8 Å². The fourth-order valence-corrected chi connectivity index (χ4v) is 4.39. The van der Waals surface area contributed by atoms with Crippen molar-refractivity contribution >= 4 is 21.8 Å². The molecule has 12 nitrogen and oxygen atoms in total. The van der Waals surface area contributed by atoms with Crippen LogP contribution in [0.15, 0.2) is 35.6 Å². The SMILES string of the molecule is COc1cc(-c2cnc(C(F)(F)F)nc2NC(=O)NS(=N)(=O)c2cnn3c2OCC(C)(C)C3)ccn1. The lowest BCUT2D eigenvalue weighted by Crippen LogP contribution is -2.36. The zero-order valence-electron chi connectivity index (χ0n) is 19.2. The number of carbonyl (C=O) groups excluding carboxylic acids is 1. The van der Waals surface area contributed by atoms with Crippen LogP contribution in [0.5, 0.6) is 11.8 Å². The molecule has 0 saturated carbocycles. The average Bonchev–Trinajstić information content (AvgIpc) is 3.21. The van der Waals surface area contributed by atoms with Gasteiger partial charge in [-0.15, -0.1) is 0 Å². The molecule has 0 saturated heterocycles. The van der Waals surface area contributed by atoms with Gasteiger partial charge in [0.15, 0.2) is 9.92 Å². The minimum absolute atomic E-state index is 0.00352. The highest BCUT2D eigenvalue weighted by molar-refractivity contribution is 7.91. The molecule has 192 valence electrons. The van der Waals surface area contributed by atoms with Gasteiger partial charge in [0.25, 0.3) is 0 Å². The second-order valence-electron chi connectivity index (χ2n) is 8.58. The first-order valence-electron chi connectivity index (χ1n) is 10.3. The van der Waals surface area contributed by atoms with Crippen molar-refractivity contribution in [3.63, 3.8) is 0 Å². The topological polar surface area (TPSA) is 157 Å². The van der Waals surface area contributed by atoms with Crippen LogP contribution in [-0.2, 0) is 22.6 Å². The Bertz CT molecular complexity index is 1420. The molecule has 0 fully saturated rings. The van der Waals surface area contributed by atoms with Crippen LogP contribution in [-0.4, -0.2) is 48.7 Å². The number of hydrogen-bond acceptors (Lipinski definition) is 9. The Morgan fingerprint density at radius 3 is 2.75 bits per heavy atom. The van der Waals surface area contributed by atoms with Crippen LogP contribution in [0.1, 0.15) is 19.7 Å². The summed E-state index contributed by atoms with van der Waals surface area (Å²) in [6, 6.07) is 1.62. The number of nitrogens with one attached hydrogen (secondary N) is 3. The highest BCUT2D eigenvalue weighted by Crippen LogP contribution is 2.34. The van der Waals surface area contributed by atoms with Crippen molar-refractivity contribution in [2.75, 3.05) is 19.0 Å². The van der Waals surface area contributed by atoms with Crippen molar-refractivity contribution in [2.45, 2.75) is 31.5 Å². The Balaban J connectivity index is 1.63. The van der Waals surface area contributed by atoms with Crippen LogP contribution in [0.2, 0.25) is 0 Å². The Labute approximate surface area is 203 Å². The van der Waals surface area contributed by atoms with Crippen LogP contribution in [0.4, 0.5) is 23.8 Å². The summed E-state index contributed by atoms with van der Waals surface area (Å²) in [5.74, 6) is -1.81. The predicted molar refractivity (Wildman–Crippen MR) is 120 cm³/mol. The zero-order valence-corrected chi connectivity index (χ0v) is 20.0. The molecule has 16 heteroatoms. The lowest BCUT2D eigenvalue weighted by Gasteiger charge is -2.30. The van der Waals surface area contributed by atoms with Gasteiger partial charge in [0, 0.05) is 29.4 Å². The lowest BCUT2D eigenvalue weighted by molar-refractivity contribution is -0.144. The van der Waals surface area contributed by atoms with E-state index >= 15 is 0 Å². The third kappa shape index (κ3) is 5.17. The molecule has 0 radical (unpaired) electrons. The van der Waals surface area contributed by atoms with Gasteiger partial charge < -0.3 is 9.47 Å². The van der Waals surface area contributed by atoms with E-state index in [4.69, 9.17) is 14.3 Å². The second kappa shape index (κ2) is 8.92. The summed E-state index contributed by atoms with van der Waals surface area (Å²) < 4.78 is 75.1. The van der Waals surface area contributed by atoms with Crippen LogP contribution >= 0.6 is 0 Å². The molecule has 1 aliphatic rings. The fraction of sp³-hybridized carbons (Fsp3) is 0.350. The summed E-state index contributed by atoms with van der Waals surface area (Å²) in [5.41, 5.74) is 0.0437. The van der Waals surface area contributed by atoms with Crippen molar-refractivity contribution in [2.24, 2.45) is 5.41 Å². The first-order valence-corrected chi connectivity index (χ1v) is 11.9. The highest BCUT2D eigenvalue weighted by Gasteiger charge is 2.36. The number of alkyl halides is 3. The van der Waals surface area contributed by atoms with E-state index in [0.29, 0.717) is 12.1 Å². The van der Waals surface area contributed by atoms with E-state index < -0.39 is 33.8 Å². The highest BCUT2D eigenvalue weighted by atomic mass is 32.2. The summed E-state index contributed by atoms with van der Waals surface area (Å²) >= 11 is 0. The minimum atomic E-state index is -4.90. The van der Waals surface area contributed by atoms with Crippen molar-refractivity contribution in [1.29, 1.82) is 4.78 Å². The molecule has 1 unspecified atom stereocenters. The third-order valence-corrected chi connectivity index (χ3v) is 6.38. The van der Waals surface area contributed by atoms with Crippen molar-refractivity contribution in [3.8, 4) is 22.9 Å². The second-order valence-corrected chi connectivity index (χ2v) is 10.3. The third-order valence-electron chi connectivity index (χ3n) is 5.01. The normalized spacial score (nSPS) is 16.3. The molecule has 1 aliphatic heterocycles. The van der Waals surface area contributed by atoms with Gasteiger partial charge in [-0.3, -0.25) is 5.32 Å². The van der Waals surface area contributed by atoms with Gasteiger partial charge in [-0.05, 0) is 11.6 Å². The van der Waals surface area contributed by atoms with Gasteiger partial charge in [0.05, 0.1) is 26.5 Å². The Hall–Kier alpha value is -3.95. The number of carbonyl (C=O) groups is 1. The quantitative estimate of drug-likeness (QED) is 0.457. The maximum atomic E-state index is 13.2. The number of anilines is 1. The largest absolute Gasteiger partial charge is 0.481 e. The van der Waals surface area contributed by atoms with E-state index in [-0.39, 0.29) is 34.2 Å². The number of nitrogens with zero attached hydrogens (tertiary/aromatic N) is 5. The molecule has 0 bridgehead atoms. The van der Waals surface area contributed by atoms with Gasteiger partial charge in [-0.25, -0.2) is 38.1 Å². The first-order chi connectivity index (χ1) is 16.8. The number of fused-ring (bicyclic) bond motifs is 1. The predicted octanol–water partition coefficient (Wildman–Crippen LogP) is 3.32. The van der Waals surface area contributed by atoms with E-state index in [9.17, 15) is 22.2 Å². The summed E-state index contributed by atoms with van der Waals surface area (Å²) in [6.45, 7) is 4.58. The summed E-state index contributed by atoms with van der Waals surface area (Å²) in [4.78, 5) is 23.2. The van der Waals surface area contributed by atoms with Crippen molar-refractivity contribution in [3.05, 3.63) is 36.5 Å². The minimum Gasteiger partial charge on any atom is -0.481 e. The fourth-order valence-electron chi connectivity index (χ4n) is 3.36. The summed E-state index contributed by atoms with van der Waals surface area (Å²) in [7, 11) is -2.65. The molecule has 3 aromatic rings. The van der Waals surface area contributed by atoms with Gasteiger partial charge in [0.1, 0.15) is 10.7 Å². The Kier molecular flexibility index (Phi) is 6.24. The number of hydrogen-bond donors (Lipinski definition) is 3. The van der Waals surface area contributed by atoms with Crippen molar-refractivity contribution in [1.82, 2.24) is 29.5 Å². The van der Waals surface area contributed by atoms with Crippen LogP contribution < -0.4 is 19.5 Å². The number of urea groups is 1.